The van der Waals surface area contributed by atoms with Crippen LogP contribution in [-0.2, 0) is 4.79 Å². The summed E-state index contributed by atoms with van der Waals surface area (Å²) in [7, 11) is 0. The Morgan fingerprint density at radius 1 is 1.29 bits per heavy atom. The van der Waals surface area contributed by atoms with Crippen LogP contribution < -0.4 is 10.6 Å². The molecule has 0 saturated heterocycles. The molecule has 1 fully saturated rings. The molecule has 17 heavy (non-hydrogen) atoms. The van der Waals surface area contributed by atoms with Crippen LogP contribution in [-0.4, -0.2) is 24.5 Å². The van der Waals surface area contributed by atoms with Gasteiger partial charge in [-0.3, -0.25) is 4.79 Å². The van der Waals surface area contributed by atoms with Crippen molar-refractivity contribution in [1.82, 2.24) is 10.6 Å². The molecule has 0 bridgehead atoms. The predicted octanol–water partition coefficient (Wildman–Crippen LogP) is 2.32. The normalized spacial score (nSPS) is 20.7. The third-order valence-electron chi connectivity index (χ3n) is 3.68. The van der Waals surface area contributed by atoms with E-state index < -0.39 is 0 Å². The highest BCUT2D eigenvalue weighted by molar-refractivity contribution is 5.81. The molecule has 1 rings (SSSR count). The van der Waals surface area contributed by atoms with Gasteiger partial charge in [0.25, 0.3) is 0 Å². The van der Waals surface area contributed by atoms with Gasteiger partial charge in [-0.25, -0.2) is 0 Å². The van der Waals surface area contributed by atoms with Crippen LogP contribution in [0, 0.1) is 11.8 Å². The molecule has 1 aliphatic rings. The number of rotatable bonds is 8. The average Bonchev–Trinajstić information content (AvgIpc) is 3.09. The van der Waals surface area contributed by atoms with Crippen LogP contribution in [0.1, 0.15) is 53.4 Å². The van der Waals surface area contributed by atoms with Crippen LogP contribution in [0.15, 0.2) is 0 Å². The lowest BCUT2D eigenvalue weighted by Gasteiger charge is -2.20. The van der Waals surface area contributed by atoms with E-state index in [9.17, 15) is 4.79 Å². The Kier molecular flexibility index (Phi) is 5.96. The molecule has 0 aliphatic heterocycles. The van der Waals surface area contributed by atoms with E-state index in [1.165, 1.54) is 12.8 Å². The Bertz CT molecular complexity index is 238. The first-order valence-corrected chi connectivity index (χ1v) is 7.08. The first-order chi connectivity index (χ1) is 8.04. The molecular formula is C14H28N2O. The molecule has 0 aromatic heterocycles. The maximum absolute atomic E-state index is 11.9. The summed E-state index contributed by atoms with van der Waals surface area (Å²) in [6.45, 7) is 9.40. The van der Waals surface area contributed by atoms with Crippen LogP contribution >= 0.6 is 0 Å². The lowest BCUT2D eigenvalue weighted by Crippen LogP contribution is -2.46. The van der Waals surface area contributed by atoms with Crippen LogP contribution in [0.25, 0.3) is 0 Å². The third-order valence-corrected chi connectivity index (χ3v) is 3.68. The lowest BCUT2D eigenvalue weighted by molar-refractivity contribution is -0.123. The van der Waals surface area contributed by atoms with Crippen LogP contribution in [0.5, 0.6) is 0 Å². The lowest BCUT2D eigenvalue weighted by atomic mass is 10.1. The van der Waals surface area contributed by atoms with Gasteiger partial charge in [-0.1, -0.05) is 20.3 Å². The third kappa shape index (κ3) is 5.53. The fourth-order valence-electron chi connectivity index (χ4n) is 2.16. The monoisotopic (exact) mass is 240 g/mol. The molecule has 0 aromatic carbocycles. The molecule has 0 spiro atoms. The van der Waals surface area contributed by atoms with Crippen molar-refractivity contribution < 1.29 is 4.79 Å². The van der Waals surface area contributed by atoms with Crippen molar-refractivity contribution >= 4 is 5.91 Å². The Hall–Kier alpha value is -0.570. The molecule has 1 amide bonds. The highest BCUT2D eigenvalue weighted by Crippen LogP contribution is 2.36. The Labute approximate surface area is 106 Å². The van der Waals surface area contributed by atoms with Gasteiger partial charge in [0.1, 0.15) is 0 Å². The van der Waals surface area contributed by atoms with Gasteiger partial charge in [-0.2, -0.15) is 0 Å². The summed E-state index contributed by atoms with van der Waals surface area (Å²) in [5.41, 5.74) is 0. The molecule has 100 valence electrons. The van der Waals surface area contributed by atoms with E-state index in [-0.39, 0.29) is 18.0 Å². The molecule has 3 unspecified atom stereocenters. The molecule has 1 saturated carbocycles. The number of amides is 1. The summed E-state index contributed by atoms with van der Waals surface area (Å²) in [6, 6.07) is 0.216. The molecular weight excluding hydrogens is 212 g/mol. The Morgan fingerprint density at radius 2 is 1.94 bits per heavy atom. The smallest absolute Gasteiger partial charge is 0.237 e. The second kappa shape index (κ2) is 7.00. The molecule has 3 nitrogen and oxygen atoms in total. The number of carbonyl (C=O) groups is 1. The Morgan fingerprint density at radius 3 is 2.47 bits per heavy atom. The van der Waals surface area contributed by atoms with Gasteiger partial charge in [0.2, 0.25) is 5.91 Å². The standard InChI is InChI=1S/C14H28N2O/c1-5-6-11(3)16-14(17)12(4)15-9-10(2)13-7-8-13/h10-13,15H,5-9H2,1-4H3,(H,16,17). The van der Waals surface area contributed by atoms with Crippen molar-refractivity contribution in [3.8, 4) is 0 Å². The molecule has 3 atom stereocenters. The van der Waals surface area contributed by atoms with E-state index in [2.05, 4.69) is 31.4 Å². The van der Waals surface area contributed by atoms with Crippen molar-refractivity contribution in [1.29, 1.82) is 0 Å². The van der Waals surface area contributed by atoms with Crippen LogP contribution in [0.3, 0.4) is 0 Å². The Balaban J connectivity index is 2.16. The van der Waals surface area contributed by atoms with Gasteiger partial charge >= 0.3 is 0 Å². The summed E-state index contributed by atoms with van der Waals surface area (Å²) >= 11 is 0. The fourth-order valence-corrected chi connectivity index (χ4v) is 2.16. The number of hydrogen-bond donors (Lipinski definition) is 2. The largest absolute Gasteiger partial charge is 0.352 e. The van der Waals surface area contributed by atoms with Crippen LogP contribution in [0.2, 0.25) is 0 Å². The minimum atomic E-state index is -0.0736. The number of nitrogens with one attached hydrogen (secondary N) is 2. The molecule has 0 heterocycles. The highest BCUT2D eigenvalue weighted by atomic mass is 16.2. The first-order valence-electron chi connectivity index (χ1n) is 7.08. The summed E-state index contributed by atoms with van der Waals surface area (Å²) in [5.74, 6) is 1.74. The van der Waals surface area contributed by atoms with Crippen molar-refractivity contribution in [2.24, 2.45) is 11.8 Å². The minimum absolute atomic E-state index is 0.0736. The predicted molar refractivity (Wildman–Crippen MR) is 71.9 cm³/mol. The number of hydrogen-bond acceptors (Lipinski definition) is 2. The van der Waals surface area contributed by atoms with Crippen molar-refractivity contribution in [2.75, 3.05) is 6.54 Å². The second-order valence-corrected chi connectivity index (χ2v) is 5.64. The average molecular weight is 240 g/mol. The van der Waals surface area contributed by atoms with E-state index in [1.807, 2.05) is 6.92 Å². The van der Waals surface area contributed by atoms with Gasteiger partial charge in [-0.15, -0.1) is 0 Å². The highest BCUT2D eigenvalue weighted by Gasteiger charge is 2.28. The van der Waals surface area contributed by atoms with Gasteiger partial charge < -0.3 is 10.6 Å². The first kappa shape index (κ1) is 14.5. The van der Waals surface area contributed by atoms with E-state index in [0.29, 0.717) is 5.92 Å². The van der Waals surface area contributed by atoms with Crippen molar-refractivity contribution in [3.63, 3.8) is 0 Å². The van der Waals surface area contributed by atoms with E-state index in [0.717, 1.165) is 25.3 Å². The van der Waals surface area contributed by atoms with E-state index in [4.69, 9.17) is 0 Å². The zero-order valence-electron chi connectivity index (χ0n) is 11.8. The quantitative estimate of drug-likeness (QED) is 0.683. The summed E-state index contributed by atoms with van der Waals surface area (Å²) in [4.78, 5) is 11.9. The van der Waals surface area contributed by atoms with Gasteiger partial charge in [0, 0.05) is 6.04 Å². The van der Waals surface area contributed by atoms with Crippen molar-refractivity contribution in [2.45, 2.75) is 65.5 Å². The maximum atomic E-state index is 11.9. The summed E-state index contributed by atoms with van der Waals surface area (Å²) in [5, 5.41) is 6.39. The minimum Gasteiger partial charge on any atom is -0.352 e. The van der Waals surface area contributed by atoms with Crippen molar-refractivity contribution in [3.05, 3.63) is 0 Å². The summed E-state index contributed by atoms with van der Waals surface area (Å²) in [6.07, 6.45) is 4.91. The SMILES string of the molecule is CCCC(C)NC(=O)C(C)NCC(C)C1CC1. The molecule has 0 radical (unpaired) electrons. The van der Waals surface area contributed by atoms with E-state index >= 15 is 0 Å². The van der Waals surface area contributed by atoms with Crippen LogP contribution in [0.4, 0.5) is 0 Å². The van der Waals surface area contributed by atoms with E-state index in [1.54, 1.807) is 0 Å². The molecule has 3 heteroatoms. The summed E-state index contributed by atoms with van der Waals surface area (Å²) < 4.78 is 0. The van der Waals surface area contributed by atoms with Gasteiger partial charge in [0.15, 0.2) is 0 Å². The number of carbonyl (C=O) groups excluding carboxylic acids is 1. The zero-order chi connectivity index (χ0) is 12.8. The fraction of sp³-hybridized carbons (Fsp3) is 0.929. The molecule has 2 N–H and O–H groups in total. The van der Waals surface area contributed by atoms with Gasteiger partial charge in [-0.05, 0) is 51.5 Å². The second-order valence-electron chi connectivity index (χ2n) is 5.64. The van der Waals surface area contributed by atoms with Gasteiger partial charge in [0.05, 0.1) is 6.04 Å². The topological polar surface area (TPSA) is 41.1 Å². The molecule has 0 aromatic rings. The zero-order valence-corrected chi connectivity index (χ0v) is 11.8. The maximum Gasteiger partial charge on any atom is 0.237 e. The molecule has 1 aliphatic carbocycles.